The number of fused-ring (bicyclic) bond motifs is 1. The third-order valence-corrected chi connectivity index (χ3v) is 9.64. The van der Waals surface area contributed by atoms with E-state index in [1.54, 1.807) is 41.3 Å². The van der Waals surface area contributed by atoms with E-state index in [4.69, 9.17) is 0 Å². The van der Waals surface area contributed by atoms with Crippen molar-refractivity contribution in [3.8, 4) is 0 Å². The predicted molar refractivity (Wildman–Crippen MR) is 181 cm³/mol. The SMILES string of the molecule is C[C@@H](c1ccc(F)cc1)N1CCc2c(C(=O)NC(Cc3cc(F)cc(F)c3)[C@H](O)CNC3(c4cccc(C(F)(F)F)c4)CC3)cccc2C1=O.Cl. The van der Waals surface area contributed by atoms with E-state index >= 15 is 0 Å². The van der Waals surface area contributed by atoms with Gasteiger partial charge in [-0.1, -0.05) is 30.3 Å². The fourth-order valence-electron chi connectivity index (χ4n) is 6.69. The number of hydrogen-bond donors (Lipinski definition) is 3. The maximum absolute atomic E-state index is 14.1. The number of hydrogen-bond acceptors (Lipinski definition) is 4. The first-order valence-electron chi connectivity index (χ1n) is 16.3. The van der Waals surface area contributed by atoms with Gasteiger partial charge in [-0.25, -0.2) is 13.2 Å². The number of amides is 2. The third kappa shape index (κ3) is 8.40. The molecule has 270 valence electrons. The molecule has 0 saturated heterocycles. The maximum atomic E-state index is 14.1. The highest BCUT2D eigenvalue weighted by atomic mass is 35.5. The Morgan fingerprint density at radius 2 is 1.59 bits per heavy atom. The Morgan fingerprint density at radius 1 is 0.922 bits per heavy atom. The number of nitrogens with one attached hydrogen (secondary N) is 2. The quantitative estimate of drug-likeness (QED) is 0.142. The number of benzene rings is 4. The molecule has 6 rings (SSSR count). The summed E-state index contributed by atoms with van der Waals surface area (Å²) in [6, 6.07) is 17.0. The first-order chi connectivity index (χ1) is 23.7. The van der Waals surface area contributed by atoms with Crippen LogP contribution in [0.4, 0.5) is 26.3 Å². The van der Waals surface area contributed by atoms with Gasteiger partial charge < -0.3 is 20.6 Å². The molecule has 1 heterocycles. The lowest BCUT2D eigenvalue weighted by Gasteiger charge is -2.35. The molecule has 51 heavy (non-hydrogen) atoms. The molecule has 0 aromatic heterocycles. The van der Waals surface area contributed by atoms with Crippen LogP contribution in [-0.4, -0.2) is 47.1 Å². The van der Waals surface area contributed by atoms with Crippen molar-refractivity contribution in [3.63, 3.8) is 0 Å². The van der Waals surface area contributed by atoms with Crippen LogP contribution in [0, 0.1) is 17.5 Å². The van der Waals surface area contributed by atoms with Crippen LogP contribution in [0.25, 0.3) is 0 Å². The van der Waals surface area contributed by atoms with E-state index in [1.807, 2.05) is 6.92 Å². The average Bonchev–Trinajstić information content (AvgIpc) is 3.87. The second-order valence-corrected chi connectivity index (χ2v) is 13.0. The third-order valence-electron chi connectivity index (χ3n) is 9.64. The average molecular weight is 732 g/mol. The highest BCUT2D eigenvalue weighted by Gasteiger charge is 2.45. The zero-order chi connectivity index (χ0) is 35.8. The van der Waals surface area contributed by atoms with Gasteiger partial charge in [-0.15, -0.1) is 12.4 Å². The summed E-state index contributed by atoms with van der Waals surface area (Å²) in [5.74, 6) is -2.99. The molecule has 1 aliphatic heterocycles. The van der Waals surface area contributed by atoms with Gasteiger partial charge in [0, 0.05) is 35.8 Å². The molecular weight excluding hydrogens is 696 g/mol. The fraction of sp³-hybridized carbons (Fsp3) is 0.316. The van der Waals surface area contributed by atoms with Gasteiger partial charge in [0.05, 0.1) is 23.8 Å². The molecule has 4 aromatic carbocycles. The second kappa shape index (κ2) is 15.1. The van der Waals surface area contributed by atoms with E-state index in [2.05, 4.69) is 10.6 Å². The van der Waals surface area contributed by atoms with Crippen molar-refractivity contribution in [2.45, 2.75) is 62.5 Å². The Morgan fingerprint density at radius 3 is 2.24 bits per heavy atom. The Bertz CT molecular complexity index is 1880. The summed E-state index contributed by atoms with van der Waals surface area (Å²) in [6.07, 6.45) is -4.65. The van der Waals surface area contributed by atoms with Crippen molar-refractivity contribution in [1.82, 2.24) is 15.5 Å². The summed E-state index contributed by atoms with van der Waals surface area (Å²) < 4.78 is 82.0. The minimum atomic E-state index is -4.53. The molecule has 1 unspecified atom stereocenters. The molecule has 3 atom stereocenters. The van der Waals surface area contributed by atoms with Gasteiger partial charge in [0.25, 0.3) is 11.8 Å². The Kier molecular flexibility index (Phi) is 11.2. The summed E-state index contributed by atoms with van der Waals surface area (Å²) in [6.45, 7) is 1.96. The van der Waals surface area contributed by atoms with Gasteiger partial charge in [-0.05, 0) is 103 Å². The van der Waals surface area contributed by atoms with Gasteiger partial charge in [-0.3, -0.25) is 9.59 Å². The van der Waals surface area contributed by atoms with Crippen LogP contribution in [0.3, 0.4) is 0 Å². The number of rotatable bonds is 11. The highest BCUT2D eigenvalue weighted by molar-refractivity contribution is 6.03. The van der Waals surface area contributed by atoms with Crippen LogP contribution < -0.4 is 10.6 Å². The van der Waals surface area contributed by atoms with Crippen LogP contribution in [0.1, 0.15) is 74.3 Å². The zero-order valence-electron chi connectivity index (χ0n) is 27.4. The first kappa shape index (κ1) is 37.9. The number of aliphatic hydroxyl groups is 1. The van der Waals surface area contributed by atoms with Gasteiger partial charge in [0.2, 0.25) is 0 Å². The Balaban J connectivity index is 0.00000504. The molecule has 0 spiro atoms. The van der Waals surface area contributed by atoms with Gasteiger partial charge >= 0.3 is 6.18 Å². The molecule has 1 aliphatic carbocycles. The normalized spacial score (nSPS) is 16.8. The summed E-state index contributed by atoms with van der Waals surface area (Å²) in [5.41, 5.74) is 0.748. The van der Waals surface area contributed by atoms with Crippen molar-refractivity contribution in [2.24, 2.45) is 0 Å². The van der Waals surface area contributed by atoms with Crippen molar-refractivity contribution in [3.05, 3.63) is 141 Å². The van der Waals surface area contributed by atoms with E-state index in [0.29, 0.717) is 42.0 Å². The highest BCUT2D eigenvalue weighted by Crippen LogP contribution is 2.46. The predicted octanol–water partition coefficient (Wildman–Crippen LogP) is 7.28. The minimum Gasteiger partial charge on any atom is -0.390 e. The smallest absolute Gasteiger partial charge is 0.390 e. The van der Waals surface area contributed by atoms with E-state index in [9.17, 15) is 41.0 Å². The molecule has 1 saturated carbocycles. The molecule has 3 N–H and O–H groups in total. The molecule has 0 radical (unpaired) electrons. The zero-order valence-corrected chi connectivity index (χ0v) is 28.3. The summed E-state index contributed by atoms with van der Waals surface area (Å²) in [7, 11) is 0. The lowest BCUT2D eigenvalue weighted by molar-refractivity contribution is -0.137. The molecule has 6 nitrogen and oxygen atoms in total. The fourth-order valence-corrected chi connectivity index (χ4v) is 6.69. The number of nitrogens with zero attached hydrogens (tertiary/aromatic N) is 1. The number of carbonyl (C=O) groups excluding carboxylic acids is 2. The minimum absolute atomic E-state index is 0. The number of alkyl halides is 3. The van der Waals surface area contributed by atoms with E-state index < -0.39 is 52.8 Å². The monoisotopic (exact) mass is 731 g/mol. The lowest BCUT2D eigenvalue weighted by atomic mass is 9.91. The standard InChI is InChI=1S/C38H35F6N3O3.ClH/c1-22(24-8-10-27(39)11-9-24)47-15-12-30-31(6-3-7-32(30)36(47)50)35(49)46-33(18-23-16-28(40)20-29(41)17-23)34(48)21-45-37(13-14-37)25-4-2-5-26(19-25)38(42,43)44;/h2-11,16-17,19-20,22,33-34,45,48H,12-15,18,21H2,1H3,(H,46,49);1H/t22-,33?,34+;/m0./s1. The summed E-state index contributed by atoms with van der Waals surface area (Å²) in [4.78, 5) is 29.1. The van der Waals surface area contributed by atoms with Crippen molar-refractivity contribution >= 4 is 24.2 Å². The molecule has 0 bridgehead atoms. The molecule has 13 heteroatoms. The topological polar surface area (TPSA) is 81.7 Å². The van der Waals surface area contributed by atoms with Crippen LogP contribution in [0.2, 0.25) is 0 Å². The summed E-state index contributed by atoms with van der Waals surface area (Å²) >= 11 is 0. The van der Waals surface area contributed by atoms with Gasteiger partial charge in [0.1, 0.15) is 17.5 Å². The molecule has 1 fully saturated rings. The Labute approximate surface area is 297 Å². The van der Waals surface area contributed by atoms with Crippen molar-refractivity contribution in [1.29, 1.82) is 0 Å². The van der Waals surface area contributed by atoms with E-state index in [0.717, 1.165) is 29.8 Å². The number of carbonyl (C=O) groups is 2. The Hall–Kier alpha value is -4.39. The number of halogens is 7. The summed E-state index contributed by atoms with van der Waals surface area (Å²) in [5, 5.41) is 17.4. The first-order valence-corrected chi connectivity index (χ1v) is 16.3. The van der Waals surface area contributed by atoms with Gasteiger partial charge in [0.15, 0.2) is 0 Å². The molecular formula is C38H36ClF6N3O3. The lowest BCUT2D eigenvalue weighted by Crippen LogP contribution is -2.50. The second-order valence-electron chi connectivity index (χ2n) is 13.0. The maximum Gasteiger partial charge on any atom is 0.416 e. The van der Waals surface area contributed by atoms with Crippen LogP contribution in [0.15, 0.2) is 84.9 Å². The van der Waals surface area contributed by atoms with Crippen LogP contribution >= 0.6 is 12.4 Å². The number of aliphatic hydroxyl groups excluding tert-OH is 1. The van der Waals surface area contributed by atoms with E-state index in [-0.39, 0.29) is 55.0 Å². The van der Waals surface area contributed by atoms with Crippen molar-refractivity contribution < 1.29 is 41.0 Å². The molecule has 4 aromatic rings. The van der Waals surface area contributed by atoms with E-state index in [1.165, 1.54) is 18.2 Å². The van der Waals surface area contributed by atoms with Crippen LogP contribution in [-0.2, 0) is 24.6 Å². The molecule has 2 aliphatic rings. The van der Waals surface area contributed by atoms with Crippen molar-refractivity contribution in [2.75, 3.05) is 13.1 Å². The largest absolute Gasteiger partial charge is 0.416 e. The van der Waals surface area contributed by atoms with Gasteiger partial charge in [-0.2, -0.15) is 13.2 Å². The molecule has 2 amide bonds. The van der Waals surface area contributed by atoms with Crippen LogP contribution in [0.5, 0.6) is 0 Å².